The zero-order valence-corrected chi connectivity index (χ0v) is 13.4. The number of carboxylic acid groups (broad SMARTS) is 4. The summed E-state index contributed by atoms with van der Waals surface area (Å²) in [6, 6.07) is 9.23. The summed E-state index contributed by atoms with van der Waals surface area (Å²) in [7, 11) is 0. The Balaban J connectivity index is 0.000000443. The molecule has 0 saturated carbocycles. The molecular weight excluding hydrogens is 348 g/mol. The summed E-state index contributed by atoms with van der Waals surface area (Å²) in [5.74, 6) is -5.33. The molecule has 0 atom stereocenters. The monoisotopic (exact) mass is 356 g/mol. The second-order valence-corrected chi connectivity index (χ2v) is 4.30. The van der Waals surface area contributed by atoms with Crippen molar-refractivity contribution in [1.82, 2.24) is 0 Å². The molecule has 0 amide bonds. The maximum atomic E-state index is 10.2. The van der Waals surface area contributed by atoms with Crippen LogP contribution in [0.25, 0.3) is 0 Å². The Bertz CT molecular complexity index is 632. The van der Waals surface area contributed by atoms with Crippen LogP contribution in [0, 0.1) is 0 Å². The minimum atomic E-state index is -1.33. The van der Waals surface area contributed by atoms with E-state index < -0.39 is 23.9 Å². The van der Waals surface area contributed by atoms with Crippen molar-refractivity contribution in [1.29, 1.82) is 0 Å². The fourth-order valence-corrected chi connectivity index (χ4v) is 1.48. The van der Waals surface area contributed by atoms with Crippen LogP contribution in [0.2, 0.25) is 0 Å². The molecule has 0 heterocycles. The molecule has 0 spiro atoms. The normalized spacial score (nSPS) is 8.96. The van der Waals surface area contributed by atoms with Crippen molar-refractivity contribution in [2.24, 2.45) is 0 Å². The molecule has 9 heteroatoms. The van der Waals surface area contributed by atoms with Crippen molar-refractivity contribution in [2.45, 2.75) is 0 Å². The van der Waals surface area contributed by atoms with Crippen LogP contribution in [0.5, 0.6) is 0 Å². The minimum absolute atomic E-state index is 0. The average Bonchev–Trinajstić information content (AvgIpc) is 2.55. The van der Waals surface area contributed by atoms with Gasteiger partial charge in [-0.15, -0.1) is 0 Å². The summed E-state index contributed by atoms with van der Waals surface area (Å²) in [5, 5.41) is 40.8. The molecule has 0 aliphatic carbocycles. The Morgan fingerprint density at radius 3 is 0.640 bits per heavy atom. The molecular formula is C16H8O8Si. The molecule has 124 valence electrons. The molecule has 0 aliphatic heterocycles. The van der Waals surface area contributed by atoms with Gasteiger partial charge in [0.25, 0.3) is 0 Å². The van der Waals surface area contributed by atoms with Gasteiger partial charge in [0.2, 0.25) is 0 Å². The predicted molar refractivity (Wildman–Crippen MR) is 76.0 cm³/mol. The zero-order valence-electron chi connectivity index (χ0n) is 12.4. The van der Waals surface area contributed by atoms with Gasteiger partial charge < -0.3 is 39.6 Å². The van der Waals surface area contributed by atoms with Gasteiger partial charge in [-0.3, -0.25) is 0 Å². The fourth-order valence-electron chi connectivity index (χ4n) is 1.48. The average molecular weight is 356 g/mol. The summed E-state index contributed by atoms with van der Waals surface area (Å²) >= 11 is 0. The molecule has 25 heavy (non-hydrogen) atoms. The van der Waals surface area contributed by atoms with E-state index in [0.717, 1.165) is 48.5 Å². The molecule has 0 radical (unpaired) electrons. The number of rotatable bonds is 4. The van der Waals surface area contributed by atoms with Crippen molar-refractivity contribution in [2.75, 3.05) is 0 Å². The van der Waals surface area contributed by atoms with Crippen LogP contribution in [-0.4, -0.2) is 34.8 Å². The summed E-state index contributed by atoms with van der Waals surface area (Å²) in [6.07, 6.45) is 0. The van der Waals surface area contributed by atoms with Crippen LogP contribution < -0.4 is 20.4 Å². The molecule has 2 aromatic rings. The first-order valence-corrected chi connectivity index (χ1v) is 6.28. The Hall–Kier alpha value is -3.46. The third-order valence-electron chi connectivity index (χ3n) is 2.71. The van der Waals surface area contributed by atoms with Crippen molar-refractivity contribution in [3.63, 3.8) is 0 Å². The maximum absolute atomic E-state index is 10.2. The molecule has 0 saturated heterocycles. The van der Waals surface area contributed by atoms with E-state index in [-0.39, 0.29) is 33.2 Å². The fraction of sp³-hybridized carbons (Fsp3) is 0. The van der Waals surface area contributed by atoms with E-state index in [1.165, 1.54) is 0 Å². The topological polar surface area (TPSA) is 161 Å². The Morgan fingerprint density at radius 2 is 0.560 bits per heavy atom. The molecule has 0 N–H and O–H groups in total. The number of benzene rings is 2. The van der Waals surface area contributed by atoms with Crippen LogP contribution >= 0.6 is 0 Å². The number of carbonyl (C=O) groups is 4. The SMILES string of the molecule is O=C([O-])c1ccc(C(=O)[O-])cc1.O=C([O-])c1ccc(C(=O)[O-])cc1.[Si+4]. The first kappa shape index (κ1) is 21.5. The quantitative estimate of drug-likeness (QED) is 0.509. The van der Waals surface area contributed by atoms with Crippen LogP contribution in [0.4, 0.5) is 0 Å². The van der Waals surface area contributed by atoms with E-state index in [1.807, 2.05) is 0 Å². The summed E-state index contributed by atoms with van der Waals surface area (Å²) in [6.45, 7) is 0. The van der Waals surface area contributed by atoms with E-state index in [0.29, 0.717) is 0 Å². The van der Waals surface area contributed by atoms with E-state index >= 15 is 0 Å². The minimum Gasteiger partial charge on any atom is -0.545 e. The summed E-state index contributed by atoms with van der Waals surface area (Å²) in [5.41, 5.74) is -0.222. The number of carboxylic acids is 4. The van der Waals surface area contributed by atoms with Crippen LogP contribution in [0.15, 0.2) is 48.5 Å². The largest absolute Gasteiger partial charge is 4.00 e. The summed E-state index contributed by atoms with van der Waals surface area (Å²) < 4.78 is 0. The predicted octanol–water partition coefficient (Wildman–Crippen LogP) is -3.55. The van der Waals surface area contributed by atoms with Crippen molar-refractivity contribution in [3.8, 4) is 0 Å². The van der Waals surface area contributed by atoms with E-state index in [4.69, 9.17) is 0 Å². The number of hydrogen-bond donors (Lipinski definition) is 0. The van der Waals surface area contributed by atoms with Crippen molar-refractivity contribution >= 4 is 34.8 Å². The van der Waals surface area contributed by atoms with Gasteiger partial charge in [-0.1, -0.05) is 48.5 Å². The molecule has 0 aliphatic rings. The van der Waals surface area contributed by atoms with E-state index in [1.54, 1.807) is 0 Å². The molecule has 2 rings (SSSR count). The molecule has 0 fully saturated rings. The molecule has 0 bridgehead atoms. The van der Waals surface area contributed by atoms with Crippen molar-refractivity contribution < 1.29 is 39.6 Å². The van der Waals surface area contributed by atoms with Gasteiger partial charge in [0.15, 0.2) is 0 Å². The van der Waals surface area contributed by atoms with Gasteiger partial charge in [0.1, 0.15) is 0 Å². The van der Waals surface area contributed by atoms with Crippen LogP contribution in [-0.2, 0) is 0 Å². The van der Waals surface area contributed by atoms with Gasteiger partial charge >= 0.3 is 11.0 Å². The molecule has 2 aromatic carbocycles. The first-order valence-electron chi connectivity index (χ1n) is 6.28. The number of carbonyl (C=O) groups excluding carboxylic acids is 4. The van der Waals surface area contributed by atoms with Crippen LogP contribution in [0.1, 0.15) is 41.4 Å². The van der Waals surface area contributed by atoms with E-state index in [9.17, 15) is 39.6 Å². The Labute approximate surface area is 146 Å². The molecule has 8 nitrogen and oxygen atoms in total. The Morgan fingerprint density at radius 1 is 0.440 bits per heavy atom. The third-order valence-corrected chi connectivity index (χ3v) is 2.71. The number of hydrogen-bond acceptors (Lipinski definition) is 8. The van der Waals surface area contributed by atoms with Gasteiger partial charge in [-0.05, 0) is 22.3 Å². The van der Waals surface area contributed by atoms with E-state index in [2.05, 4.69) is 0 Å². The third kappa shape index (κ3) is 6.67. The van der Waals surface area contributed by atoms with Crippen LogP contribution in [0.3, 0.4) is 0 Å². The van der Waals surface area contributed by atoms with Gasteiger partial charge in [0.05, 0.1) is 23.9 Å². The van der Waals surface area contributed by atoms with Gasteiger partial charge in [0, 0.05) is 0 Å². The molecule has 0 unspecified atom stereocenters. The maximum Gasteiger partial charge on any atom is 4.00 e. The second kappa shape index (κ2) is 9.63. The zero-order chi connectivity index (χ0) is 18.3. The Kier molecular flexibility index (Phi) is 8.29. The first-order chi connectivity index (χ1) is 11.2. The van der Waals surface area contributed by atoms with Crippen molar-refractivity contribution in [3.05, 3.63) is 70.8 Å². The standard InChI is InChI=1S/2C8H6O4.Si/c2*9-7(10)5-1-2-6(4-3-5)8(11)12;/h2*1-4H,(H,9,10)(H,11,12);/q;;+4/p-4. The second-order valence-electron chi connectivity index (χ2n) is 4.30. The number of aromatic carboxylic acids is 4. The summed E-state index contributed by atoms with van der Waals surface area (Å²) in [4.78, 5) is 40.8. The van der Waals surface area contributed by atoms with Gasteiger partial charge in [-0.25, -0.2) is 0 Å². The smallest absolute Gasteiger partial charge is 0.545 e. The van der Waals surface area contributed by atoms with Gasteiger partial charge in [-0.2, -0.15) is 0 Å². The molecule has 0 aromatic heterocycles.